The number of rotatable bonds is 6. The maximum atomic E-state index is 13.0. The lowest BCUT2D eigenvalue weighted by atomic mass is 10.0. The van der Waals surface area contributed by atoms with Crippen molar-refractivity contribution in [3.63, 3.8) is 0 Å². The maximum Gasteiger partial charge on any atom is 0.338 e. The Kier molecular flexibility index (Phi) is 5.62. The van der Waals surface area contributed by atoms with Gasteiger partial charge in [-0.25, -0.2) is 13.2 Å². The molecule has 1 atom stereocenters. The third-order valence-corrected chi connectivity index (χ3v) is 7.26. The summed E-state index contributed by atoms with van der Waals surface area (Å²) in [5.41, 5.74) is 2.37. The van der Waals surface area contributed by atoms with Crippen LogP contribution >= 0.6 is 0 Å². The Bertz CT molecular complexity index is 1060. The smallest absolute Gasteiger partial charge is 0.338 e. The molecule has 1 saturated carbocycles. The first-order valence-electron chi connectivity index (χ1n) is 10.0. The molecule has 1 heterocycles. The predicted octanol–water partition coefficient (Wildman–Crippen LogP) is 2.26. The first kappa shape index (κ1) is 20.6. The van der Waals surface area contributed by atoms with Crippen LogP contribution in [0.2, 0.25) is 0 Å². The highest BCUT2D eigenvalue weighted by molar-refractivity contribution is 7.89. The molecule has 0 radical (unpaired) electrons. The molecule has 1 aliphatic heterocycles. The van der Waals surface area contributed by atoms with Gasteiger partial charge in [-0.1, -0.05) is 24.3 Å². The van der Waals surface area contributed by atoms with Crippen LogP contribution in [-0.4, -0.2) is 43.3 Å². The van der Waals surface area contributed by atoms with Crippen LogP contribution in [0.1, 0.15) is 41.3 Å². The average Bonchev–Trinajstić information content (AvgIpc) is 3.57. The van der Waals surface area contributed by atoms with E-state index in [0.29, 0.717) is 19.5 Å². The number of fused-ring (bicyclic) bond motifs is 1. The molecule has 0 aromatic heterocycles. The molecule has 1 fully saturated rings. The largest absolute Gasteiger partial charge is 0.449 e. The van der Waals surface area contributed by atoms with Crippen LogP contribution in [-0.2, 0) is 32.5 Å². The minimum absolute atomic E-state index is 0.123. The van der Waals surface area contributed by atoms with Crippen molar-refractivity contribution in [2.24, 2.45) is 0 Å². The summed E-state index contributed by atoms with van der Waals surface area (Å²) in [6, 6.07) is 13.6. The van der Waals surface area contributed by atoms with Gasteiger partial charge in [0, 0.05) is 19.1 Å². The SMILES string of the molecule is CC(OC(=O)c1ccc(S(=O)(=O)N2CCc3ccccc3C2)cc1)C(=O)NC1CC1. The van der Waals surface area contributed by atoms with Gasteiger partial charge in [0.2, 0.25) is 10.0 Å². The molecule has 2 aromatic rings. The van der Waals surface area contributed by atoms with Crippen molar-refractivity contribution in [1.29, 1.82) is 0 Å². The Morgan fingerprint density at radius 1 is 1.07 bits per heavy atom. The van der Waals surface area contributed by atoms with E-state index in [1.54, 1.807) is 0 Å². The molecule has 2 aromatic carbocycles. The molecule has 158 valence electrons. The number of ether oxygens (including phenoxy) is 1. The van der Waals surface area contributed by atoms with Gasteiger partial charge in [-0.05, 0) is 61.6 Å². The average molecular weight is 429 g/mol. The summed E-state index contributed by atoms with van der Waals surface area (Å²) in [5.74, 6) is -0.986. The predicted molar refractivity (Wildman–Crippen MR) is 110 cm³/mol. The lowest BCUT2D eigenvalue weighted by molar-refractivity contribution is -0.129. The number of carbonyl (C=O) groups is 2. The van der Waals surface area contributed by atoms with Crippen LogP contribution in [0.15, 0.2) is 53.4 Å². The molecule has 0 spiro atoms. The zero-order valence-corrected chi connectivity index (χ0v) is 17.5. The van der Waals surface area contributed by atoms with E-state index in [0.717, 1.165) is 18.4 Å². The van der Waals surface area contributed by atoms with E-state index in [9.17, 15) is 18.0 Å². The van der Waals surface area contributed by atoms with Gasteiger partial charge in [-0.3, -0.25) is 4.79 Å². The highest BCUT2D eigenvalue weighted by atomic mass is 32.2. The molecular weight excluding hydrogens is 404 g/mol. The number of hydrogen-bond donors (Lipinski definition) is 1. The molecule has 30 heavy (non-hydrogen) atoms. The Labute approximate surface area is 176 Å². The van der Waals surface area contributed by atoms with Gasteiger partial charge in [0.25, 0.3) is 5.91 Å². The van der Waals surface area contributed by atoms with Gasteiger partial charge in [-0.2, -0.15) is 4.31 Å². The summed E-state index contributed by atoms with van der Waals surface area (Å²) in [6.07, 6.45) is 1.66. The van der Waals surface area contributed by atoms with Gasteiger partial charge in [0.1, 0.15) is 0 Å². The molecule has 1 N–H and O–H groups in total. The molecular formula is C22H24N2O5S. The molecule has 7 nitrogen and oxygen atoms in total. The quantitative estimate of drug-likeness (QED) is 0.713. The van der Waals surface area contributed by atoms with Crippen LogP contribution in [0.5, 0.6) is 0 Å². The summed E-state index contributed by atoms with van der Waals surface area (Å²) in [5, 5.41) is 2.78. The summed E-state index contributed by atoms with van der Waals surface area (Å²) < 4.78 is 32.7. The van der Waals surface area contributed by atoms with E-state index in [2.05, 4.69) is 5.32 Å². The molecule has 0 bridgehead atoms. The van der Waals surface area contributed by atoms with E-state index in [1.807, 2.05) is 24.3 Å². The molecule has 4 rings (SSSR count). The van der Waals surface area contributed by atoms with Crippen molar-refractivity contribution < 1.29 is 22.7 Å². The van der Waals surface area contributed by atoms with Crippen molar-refractivity contribution >= 4 is 21.9 Å². The van der Waals surface area contributed by atoms with Gasteiger partial charge in [0.15, 0.2) is 6.10 Å². The number of hydrogen-bond acceptors (Lipinski definition) is 5. The monoisotopic (exact) mass is 428 g/mol. The molecule has 2 aliphatic rings. The number of amides is 1. The van der Waals surface area contributed by atoms with Crippen molar-refractivity contribution in [1.82, 2.24) is 9.62 Å². The van der Waals surface area contributed by atoms with Crippen molar-refractivity contribution in [2.45, 2.75) is 49.8 Å². The van der Waals surface area contributed by atoms with Crippen LogP contribution in [0.4, 0.5) is 0 Å². The van der Waals surface area contributed by atoms with E-state index in [4.69, 9.17) is 4.74 Å². The highest BCUT2D eigenvalue weighted by Crippen LogP contribution is 2.25. The molecule has 8 heteroatoms. The number of carbonyl (C=O) groups excluding carboxylic acids is 2. The fourth-order valence-electron chi connectivity index (χ4n) is 3.42. The lowest BCUT2D eigenvalue weighted by Gasteiger charge is -2.28. The van der Waals surface area contributed by atoms with Crippen molar-refractivity contribution in [2.75, 3.05) is 6.54 Å². The second-order valence-electron chi connectivity index (χ2n) is 7.71. The van der Waals surface area contributed by atoms with Gasteiger partial charge in [0.05, 0.1) is 10.5 Å². The minimum atomic E-state index is -3.67. The number of esters is 1. The van der Waals surface area contributed by atoms with Crippen LogP contribution in [0.25, 0.3) is 0 Å². The number of benzene rings is 2. The van der Waals surface area contributed by atoms with Gasteiger partial charge < -0.3 is 10.1 Å². The number of nitrogens with zero attached hydrogens (tertiary/aromatic N) is 1. The standard InChI is InChI=1S/C22H24N2O5S/c1-15(21(25)23-19-8-9-19)29-22(26)17-6-10-20(11-7-17)30(27,28)24-13-12-16-4-2-3-5-18(16)14-24/h2-7,10-11,15,19H,8-9,12-14H2,1H3,(H,23,25). The minimum Gasteiger partial charge on any atom is -0.449 e. The topological polar surface area (TPSA) is 92.8 Å². The van der Waals surface area contributed by atoms with E-state index in [-0.39, 0.29) is 22.4 Å². The summed E-state index contributed by atoms with van der Waals surface area (Å²) >= 11 is 0. The molecule has 1 amide bonds. The maximum absolute atomic E-state index is 13.0. The van der Waals surface area contributed by atoms with E-state index in [1.165, 1.54) is 41.1 Å². The van der Waals surface area contributed by atoms with Crippen LogP contribution in [0.3, 0.4) is 0 Å². The first-order chi connectivity index (χ1) is 14.3. The Balaban J connectivity index is 1.42. The number of sulfonamides is 1. The van der Waals surface area contributed by atoms with E-state index < -0.39 is 22.1 Å². The first-order valence-corrected chi connectivity index (χ1v) is 11.5. The summed E-state index contributed by atoms with van der Waals surface area (Å²) in [7, 11) is -3.67. The second-order valence-corrected chi connectivity index (χ2v) is 9.65. The van der Waals surface area contributed by atoms with Crippen molar-refractivity contribution in [3.8, 4) is 0 Å². The molecule has 1 aliphatic carbocycles. The lowest BCUT2D eigenvalue weighted by Crippen LogP contribution is -2.37. The van der Waals surface area contributed by atoms with Gasteiger partial charge >= 0.3 is 5.97 Å². The van der Waals surface area contributed by atoms with E-state index >= 15 is 0 Å². The Morgan fingerprint density at radius 3 is 2.40 bits per heavy atom. The van der Waals surface area contributed by atoms with Gasteiger partial charge in [-0.15, -0.1) is 0 Å². The normalized spacial score (nSPS) is 17.6. The molecule has 1 unspecified atom stereocenters. The summed E-state index contributed by atoms with van der Waals surface area (Å²) in [6.45, 7) is 2.26. The van der Waals surface area contributed by atoms with Crippen LogP contribution in [0, 0.1) is 0 Å². The Hall–Kier alpha value is -2.71. The second kappa shape index (κ2) is 8.20. The van der Waals surface area contributed by atoms with Crippen LogP contribution < -0.4 is 5.32 Å². The summed E-state index contributed by atoms with van der Waals surface area (Å²) in [4.78, 5) is 24.4. The fraction of sp³-hybridized carbons (Fsp3) is 0.364. The molecule has 0 saturated heterocycles. The highest BCUT2D eigenvalue weighted by Gasteiger charge is 2.29. The fourth-order valence-corrected chi connectivity index (χ4v) is 4.83. The Morgan fingerprint density at radius 2 is 1.73 bits per heavy atom. The zero-order valence-electron chi connectivity index (χ0n) is 16.7. The van der Waals surface area contributed by atoms with Crippen molar-refractivity contribution in [3.05, 3.63) is 65.2 Å². The third-order valence-electron chi connectivity index (χ3n) is 5.40. The third kappa shape index (κ3) is 4.39. The number of nitrogens with one attached hydrogen (secondary N) is 1. The zero-order chi connectivity index (χ0) is 21.3.